The number of piperidine rings is 1. The summed E-state index contributed by atoms with van der Waals surface area (Å²) in [6.07, 6.45) is 4.98. The molecule has 1 aromatic heterocycles. The smallest absolute Gasteiger partial charge is 0.237 e. The van der Waals surface area contributed by atoms with E-state index >= 15 is 0 Å². The highest BCUT2D eigenvalue weighted by atomic mass is 16.2. The first-order valence-corrected chi connectivity index (χ1v) is 5.77. The highest BCUT2D eigenvalue weighted by molar-refractivity contribution is 5.81. The van der Waals surface area contributed by atoms with Crippen molar-refractivity contribution in [2.45, 2.75) is 31.8 Å². The Labute approximate surface area is 95.5 Å². The summed E-state index contributed by atoms with van der Waals surface area (Å²) in [6, 6.07) is 5.69. The summed E-state index contributed by atoms with van der Waals surface area (Å²) in [5, 5.41) is 6.13. The van der Waals surface area contributed by atoms with Crippen LogP contribution < -0.4 is 10.6 Å². The average molecular weight is 219 g/mol. The summed E-state index contributed by atoms with van der Waals surface area (Å²) >= 11 is 0. The lowest BCUT2D eigenvalue weighted by Gasteiger charge is -2.22. The van der Waals surface area contributed by atoms with Gasteiger partial charge in [0, 0.05) is 6.20 Å². The van der Waals surface area contributed by atoms with Crippen LogP contribution in [0.3, 0.4) is 0 Å². The Hall–Kier alpha value is -1.42. The molecule has 86 valence electrons. The van der Waals surface area contributed by atoms with Gasteiger partial charge in [-0.05, 0) is 31.5 Å². The van der Waals surface area contributed by atoms with Gasteiger partial charge in [-0.3, -0.25) is 9.78 Å². The first-order valence-electron chi connectivity index (χ1n) is 5.77. The van der Waals surface area contributed by atoms with Gasteiger partial charge in [0.15, 0.2) is 0 Å². The number of carbonyl (C=O) groups is 1. The second-order valence-corrected chi connectivity index (χ2v) is 4.04. The van der Waals surface area contributed by atoms with Gasteiger partial charge in [0.1, 0.15) is 0 Å². The molecule has 1 amide bonds. The van der Waals surface area contributed by atoms with Crippen LogP contribution in [0, 0.1) is 0 Å². The standard InChI is InChI=1S/C12H17N3O/c16-12(11-6-2-4-8-14-11)15-9-10-5-1-3-7-13-10/h1,3,5,7,11,14H,2,4,6,8-9H2,(H,15,16). The molecule has 16 heavy (non-hydrogen) atoms. The average Bonchev–Trinajstić information content (AvgIpc) is 2.38. The highest BCUT2D eigenvalue weighted by Gasteiger charge is 2.19. The van der Waals surface area contributed by atoms with Crippen molar-refractivity contribution >= 4 is 5.91 Å². The van der Waals surface area contributed by atoms with E-state index in [0.29, 0.717) is 6.54 Å². The Bertz CT molecular complexity index is 333. The minimum Gasteiger partial charge on any atom is -0.349 e. The van der Waals surface area contributed by atoms with Crippen molar-refractivity contribution in [1.82, 2.24) is 15.6 Å². The summed E-state index contributed by atoms with van der Waals surface area (Å²) in [7, 11) is 0. The molecule has 2 N–H and O–H groups in total. The SMILES string of the molecule is O=C(NCc1ccccn1)C1CCCCN1. The van der Waals surface area contributed by atoms with Crippen LogP contribution >= 0.6 is 0 Å². The highest BCUT2D eigenvalue weighted by Crippen LogP contribution is 2.06. The Morgan fingerprint density at radius 3 is 3.12 bits per heavy atom. The van der Waals surface area contributed by atoms with Gasteiger partial charge in [0.05, 0.1) is 18.3 Å². The Morgan fingerprint density at radius 1 is 1.50 bits per heavy atom. The van der Waals surface area contributed by atoms with E-state index in [4.69, 9.17) is 0 Å². The largest absolute Gasteiger partial charge is 0.349 e. The van der Waals surface area contributed by atoms with Crippen molar-refractivity contribution in [3.8, 4) is 0 Å². The summed E-state index contributed by atoms with van der Waals surface area (Å²) in [4.78, 5) is 15.9. The number of rotatable bonds is 3. The van der Waals surface area contributed by atoms with Crippen molar-refractivity contribution in [3.63, 3.8) is 0 Å². The van der Waals surface area contributed by atoms with E-state index in [-0.39, 0.29) is 11.9 Å². The van der Waals surface area contributed by atoms with E-state index in [1.807, 2.05) is 18.2 Å². The maximum Gasteiger partial charge on any atom is 0.237 e. The molecule has 2 rings (SSSR count). The lowest BCUT2D eigenvalue weighted by atomic mass is 10.0. The Kier molecular flexibility index (Phi) is 3.88. The third-order valence-corrected chi connectivity index (χ3v) is 2.80. The van der Waals surface area contributed by atoms with E-state index < -0.39 is 0 Å². The van der Waals surface area contributed by atoms with E-state index in [1.165, 1.54) is 6.42 Å². The summed E-state index contributed by atoms with van der Waals surface area (Å²) in [5.74, 6) is 0.0883. The minimum atomic E-state index is -0.0162. The van der Waals surface area contributed by atoms with Gasteiger partial charge in [-0.1, -0.05) is 12.5 Å². The van der Waals surface area contributed by atoms with E-state index in [0.717, 1.165) is 25.1 Å². The first-order chi connectivity index (χ1) is 7.86. The molecule has 1 saturated heterocycles. The van der Waals surface area contributed by atoms with Crippen molar-refractivity contribution in [1.29, 1.82) is 0 Å². The number of pyridine rings is 1. The van der Waals surface area contributed by atoms with Gasteiger partial charge in [-0.15, -0.1) is 0 Å². The number of amides is 1. The second-order valence-electron chi connectivity index (χ2n) is 4.04. The zero-order chi connectivity index (χ0) is 11.2. The van der Waals surface area contributed by atoms with Crippen molar-refractivity contribution in [2.24, 2.45) is 0 Å². The molecule has 4 nitrogen and oxygen atoms in total. The lowest BCUT2D eigenvalue weighted by Crippen LogP contribution is -2.46. The molecular weight excluding hydrogens is 202 g/mol. The third kappa shape index (κ3) is 3.03. The van der Waals surface area contributed by atoms with Gasteiger partial charge in [0.2, 0.25) is 5.91 Å². The maximum atomic E-state index is 11.8. The van der Waals surface area contributed by atoms with Crippen LogP contribution in [-0.4, -0.2) is 23.5 Å². The van der Waals surface area contributed by atoms with Crippen LogP contribution in [0.15, 0.2) is 24.4 Å². The molecule has 1 aliphatic rings. The van der Waals surface area contributed by atoms with E-state index in [2.05, 4.69) is 15.6 Å². The van der Waals surface area contributed by atoms with Gasteiger partial charge >= 0.3 is 0 Å². The quantitative estimate of drug-likeness (QED) is 0.792. The number of carbonyl (C=O) groups excluding carboxylic acids is 1. The number of nitrogens with zero attached hydrogens (tertiary/aromatic N) is 1. The van der Waals surface area contributed by atoms with Crippen molar-refractivity contribution < 1.29 is 4.79 Å². The molecule has 1 fully saturated rings. The van der Waals surface area contributed by atoms with E-state index in [9.17, 15) is 4.79 Å². The predicted octanol–water partition coefficient (Wildman–Crippen LogP) is 0.840. The molecule has 1 aromatic rings. The van der Waals surface area contributed by atoms with Crippen molar-refractivity contribution in [2.75, 3.05) is 6.54 Å². The molecule has 1 unspecified atom stereocenters. The molecule has 0 saturated carbocycles. The number of hydrogen-bond donors (Lipinski definition) is 2. The molecule has 0 aromatic carbocycles. The molecule has 4 heteroatoms. The van der Waals surface area contributed by atoms with Crippen LogP contribution in [-0.2, 0) is 11.3 Å². The van der Waals surface area contributed by atoms with Crippen LogP contribution in [0.5, 0.6) is 0 Å². The topological polar surface area (TPSA) is 54.0 Å². The maximum absolute atomic E-state index is 11.8. The molecule has 0 aliphatic carbocycles. The Balaban J connectivity index is 1.79. The molecule has 2 heterocycles. The lowest BCUT2D eigenvalue weighted by molar-refractivity contribution is -0.123. The summed E-state index contributed by atoms with van der Waals surface area (Å²) < 4.78 is 0. The summed E-state index contributed by atoms with van der Waals surface area (Å²) in [6.45, 7) is 1.46. The predicted molar refractivity (Wildman–Crippen MR) is 61.7 cm³/mol. The molecule has 1 aliphatic heterocycles. The zero-order valence-corrected chi connectivity index (χ0v) is 9.28. The monoisotopic (exact) mass is 219 g/mol. The Morgan fingerprint density at radius 2 is 2.44 bits per heavy atom. The number of aromatic nitrogens is 1. The van der Waals surface area contributed by atoms with Gasteiger partial charge < -0.3 is 10.6 Å². The number of hydrogen-bond acceptors (Lipinski definition) is 3. The third-order valence-electron chi connectivity index (χ3n) is 2.80. The summed E-state index contributed by atoms with van der Waals surface area (Å²) in [5.41, 5.74) is 0.895. The minimum absolute atomic E-state index is 0.0162. The molecule has 0 spiro atoms. The molecular formula is C12H17N3O. The zero-order valence-electron chi connectivity index (χ0n) is 9.28. The fraction of sp³-hybridized carbons (Fsp3) is 0.500. The van der Waals surface area contributed by atoms with Crippen LogP contribution in [0.1, 0.15) is 25.0 Å². The first kappa shape index (κ1) is 11.1. The fourth-order valence-electron chi connectivity index (χ4n) is 1.88. The van der Waals surface area contributed by atoms with Crippen molar-refractivity contribution in [3.05, 3.63) is 30.1 Å². The van der Waals surface area contributed by atoms with E-state index in [1.54, 1.807) is 6.20 Å². The van der Waals surface area contributed by atoms with Crippen LogP contribution in [0.2, 0.25) is 0 Å². The normalized spacial score (nSPS) is 20.4. The molecule has 0 bridgehead atoms. The van der Waals surface area contributed by atoms with Gasteiger partial charge in [0.25, 0.3) is 0 Å². The second kappa shape index (κ2) is 5.61. The van der Waals surface area contributed by atoms with Crippen LogP contribution in [0.25, 0.3) is 0 Å². The molecule has 1 atom stereocenters. The van der Waals surface area contributed by atoms with Crippen LogP contribution in [0.4, 0.5) is 0 Å². The number of nitrogens with one attached hydrogen (secondary N) is 2. The molecule has 0 radical (unpaired) electrons. The van der Waals surface area contributed by atoms with Gasteiger partial charge in [-0.2, -0.15) is 0 Å². The van der Waals surface area contributed by atoms with Gasteiger partial charge in [-0.25, -0.2) is 0 Å². The fourth-order valence-corrected chi connectivity index (χ4v) is 1.88.